The smallest absolute Gasteiger partial charge is 0.339 e. The van der Waals surface area contributed by atoms with Crippen molar-refractivity contribution < 1.29 is 14.6 Å². The molecule has 0 spiro atoms. The fraction of sp³-hybridized carbons (Fsp3) is 0.0667. The van der Waals surface area contributed by atoms with Gasteiger partial charge in [-0.2, -0.15) is 5.10 Å². The van der Waals surface area contributed by atoms with Crippen molar-refractivity contribution in [2.45, 2.75) is 0 Å². The lowest BCUT2D eigenvalue weighted by molar-refractivity contribution is 0.252. The Bertz CT molecular complexity index is 704. The van der Waals surface area contributed by atoms with Crippen LogP contribution in [-0.4, -0.2) is 24.5 Å². The minimum Gasteiger partial charge on any atom is -0.504 e. The van der Waals surface area contributed by atoms with Crippen LogP contribution < -0.4 is 15.5 Å². The van der Waals surface area contributed by atoms with Gasteiger partial charge in [0.05, 0.1) is 13.3 Å². The van der Waals surface area contributed by atoms with Gasteiger partial charge in [0.1, 0.15) is 0 Å². The van der Waals surface area contributed by atoms with Gasteiger partial charge >= 0.3 is 6.03 Å². The Hall–Kier alpha value is -2.73. The number of phenolic OH excluding ortho intramolecular Hbond substituents is 1. The van der Waals surface area contributed by atoms with Gasteiger partial charge in [-0.15, -0.1) is 0 Å². The molecule has 0 aliphatic carbocycles. The van der Waals surface area contributed by atoms with E-state index in [1.165, 1.54) is 13.3 Å². The fourth-order valence-electron chi connectivity index (χ4n) is 1.69. The van der Waals surface area contributed by atoms with Crippen LogP contribution >= 0.6 is 11.6 Å². The standard InChI is InChI=1S/C15H14ClN3O3/c1-22-13-7-2-4-10(14(13)20)9-17-19-15(21)18-12-6-3-5-11(16)8-12/h2-9,20H,1H3,(H2,18,19,21). The monoisotopic (exact) mass is 319 g/mol. The van der Waals surface area contributed by atoms with E-state index in [0.29, 0.717) is 22.0 Å². The number of methoxy groups -OCH3 is 1. The SMILES string of the molecule is COc1cccc(C=NNC(=O)Nc2cccc(Cl)c2)c1O. The molecular formula is C15H14ClN3O3. The van der Waals surface area contributed by atoms with Crippen molar-refractivity contribution >= 4 is 29.5 Å². The van der Waals surface area contributed by atoms with Gasteiger partial charge < -0.3 is 15.2 Å². The number of aromatic hydroxyl groups is 1. The summed E-state index contributed by atoms with van der Waals surface area (Å²) in [6.07, 6.45) is 1.31. The fourth-order valence-corrected chi connectivity index (χ4v) is 1.88. The first-order valence-electron chi connectivity index (χ1n) is 6.31. The molecule has 0 unspecified atom stereocenters. The van der Waals surface area contributed by atoms with E-state index >= 15 is 0 Å². The summed E-state index contributed by atoms with van der Waals surface area (Å²) in [6, 6.07) is 11.2. The van der Waals surface area contributed by atoms with Gasteiger partial charge in [-0.05, 0) is 30.3 Å². The first-order valence-corrected chi connectivity index (χ1v) is 6.69. The molecule has 0 radical (unpaired) electrons. The summed E-state index contributed by atoms with van der Waals surface area (Å²) < 4.78 is 4.98. The van der Waals surface area contributed by atoms with Gasteiger partial charge in [0, 0.05) is 16.3 Å². The van der Waals surface area contributed by atoms with Crippen LogP contribution in [0.2, 0.25) is 5.02 Å². The Labute approximate surface area is 132 Å². The second-order valence-corrected chi connectivity index (χ2v) is 4.67. The molecule has 0 saturated heterocycles. The normalized spacial score (nSPS) is 10.5. The predicted octanol–water partition coefficient (Wildman–Crippen LogP) is 3.21. The largest absolute Gasteiger partial charge is 0.504 e. The molecule has 0 aromatic heterocycles. The van der Waals surface area contributed by atoms with E-state index in [2.05, 4.69) is 15.8 Å². The average Bonchev–Trinajstić information content (AvgIpc) is 2.49. The van der Waals surface area contributed by atoms with Crippen molar-refractivity contribution in [2.24, 2.45) is 5.10 Å². The van der Waals surface area contributed by atoms with Gasteiger partial charge in [-0.3, -0.25) is 0 Å². The Morgan fingerprint density at radius 2 is 2.09 bits per heavy atom. The van der Waals surface area contributed by atoms with Crippen LogP contribution in [0.3, 0.4) is 0 Å². The molecule has 0 heterocycles. The summed E-state index contributed by atoms with van der Waals surface area (Å²) in [7, 11) is 1.45. The molecule has 3 N–H and O–H groups in total. The zero-order valence-corrected chi connectivity index (χ0v) is 12.5. The first-order chi connectivity index (χ1) is 10.6. The van der Waals surface area contributed by atoms with E-state index in [0.717, 1.165) is 0 Å². The van der Waals surface area contributed by atoms with Crippen LogP contribution in [0.5, 0.6) is 11.5 Å². The zero-order valence-electron chi connectivity index (χ0n) is 11.7. The van der Waals surface area contributed by atoms with E-state index in [9.17, 15) is 9.90 Å². The minimum atomic E-state index is -0.527. The van der Waals surface area contributed by atoms with E-state index in [4.69, 9.17) is 16.3 Å². The number of ether oxygens (including phenoxy) is 1. The highest BCUT2D eigenvalue weighted by Crippen LogP contribution is 2.27. The Morgan fingerprint density at radius 1 is 1.32 bits per heavy atom. The van der Waals surface area contributed by atoms with Gasteiger partial charge in [0.25, 0.3) is 0 Å². The number of halogens is 1. The van der Waals surface area contributed by atoms with E-state index in [1.807, 2.05) is 0 Å². The third-order valence-electron chi connectivity index (χ3n) is 2.70. The van der Waals surface area contributed by atoms with E-state index in [1.54, 1.807) is 42.5 Å². The molecule has 114 valence electrons. The van der Waals surface area contributed by atoms with Crippen LogP contribution in [0.25, 0.3) is 0 Å². The number of carbonyl (C=O) groups excluding carboxylic acids is 1. The maximum atomic E-state index is 11.7. The molecule has 6 nitrogen and oxygen atoms in total. The minimum absolute atomic E-state index is 0.0502. The molecule has 2 aromatic rings. The number of hydrogen-bond donors (Lipinski definition) is 3. The maximum Gasteiger partial charge on any atom is 0.339 e. The molecule has 0 saturated carbocycles. The summed E-state index contributed by atoms with van der Waals surface area (Å²) >= 11 is 5.82. The number of hydrogen-bond acceptors (Lipinski definition) is 4. The lowest BCUT2D eigenvalue weighted by Gasteiger charge is -2.06. The molecule has 0 aliphatic rings. The average molecular weight is 320 g/mol. The van der Waals surface area contributed by atoms with Gasteiger partial charge in [-0.1, -0.05) is 23.7 Å². The molecular weight excluding hydrogens is 306 g/mol. The van der Waals surface area contributed by atoms with Crippen LogP contribution in [-0.2, 0) is 0 Å². The van der Waals surface area contributed by atoms with Crippen molar-refractivity contribution in [1.29, 1.82) is 0 Å². The number of carbonyl (C=O) groups is 1. The number of amides is 2. The van der Waals surface area contributed by atoms with Gasteiger partial charge in [0.15, 0.2) is 11.5 Å². The second-order valence-electron chi connectivity index (χ2n) is 4.23. The van der Waals surface area contributed by atoms with E-state index < -0.39 is 6.03 Å². The number of nitrogens with zero attached hydrogens (tertiary/aromatic N) is 1. The van der Waals surface area contributed by atoms with Crippen molar-refractivity contribution in [3.05, 3.63) is 53.1 Å². The maximum absolute atomic E-state index is 11.7. The van der Waals surface area contributed by atoms with Gasteiger partial charge in [-0.25, -0.2) is 10.2 Å². The number of urea groups is 1. The molecule has 2 rings (SSSR count). The highest BCUT2D eigenvalue weighted by Gasteiger charge is 2.05. The third kappa shape index (κ3) is 4.13. The summed E-state index contributed by atoms with van der Waals surface area (Å²) in [4.78, 5) is 11.7. The zero-order chi connectivity index (χ0) is 15.9. The van der Waals surface area contributed by atoms with Gasteiger partial charge in [0.2, 0.25) is 0 Å². The number of benzene rings is 2. The van der Waals surface area contributed by atoms with Crippen LogP contribution in [0.15, 0.2) is 47.6 Å². The lowest BCUT2D eigenvalue weighted by atomic mass is 10.2. The van der Waals surface area contributed by atoms with Crippen molar-refractivity contribution in [1.82, 2.24) is 5.43 Å². The number of phenols is 1. The summed E-state index contributed by atoms with van der Waals surface area (Å²) in [5.41, 5.74) is 3.25. The molecule has 0 fully saturated rings. The van der Waals surface area contributed by atoms with Crippen molar-refractivity contribution in [2.75, 3.05) is 12.4 Å². The molecule has 2 aromatic carbocycles. The van der Waals surface area contributed by atoms with Crippen molar-refractivity contribution in [3.8, 4) is 11.5 Å². The first kappa shape index (κ1) is 15.7. The highest BCUT2D eigenvalue weighted by atomic mass is 35.5. The number of para-hydroxylation sites is 1. The van der Waals surface area contributed by atoms with Crippen LogP contribution in [0.4, 0.5) is 10.5 Å². The Morgan fingerprint density at radius 3 is 2.82 bits per heavy atom. The van der Waals surface area contributed by atoms with E-state index in [-0.39, 0.29) is 5.75 Å². The second kappa shape index (κ2) is 7.33. The summed E-state index contributed by atoms with van der Waals surface area (Å²) in [5, 5.41) is 16.7. The lowest BCUT2D eigenvalue weighted by Crippen LogP contribution is -2.24. The third-order valence-corrected chi connectivity index (χ3v) is 2.94. The highest BCUT2D eigenvalue weighted by molar-refractivity contribution is 6.30. The molecule has 0 aliphatic heterocycles. The molecule has 7 heteroatoms. The summed E-state index contributed by atoms with van der Waals surface area (Å²) in [5.74, 6) is 0.276. The number of nitrogens with one attached hydrogen (secondary N) is 2. The molecule has 0 bridgehead atoms. The number of anilines is 1. The Kier molecular flexibility index (Phi) is 5.21. The number of hydrazone groups is 1. The molecule has 22 heavy (non-hydrogen) atoms. The quantitative estimate of drug-likeness (QED) is 0.597. The summed E-state index contributed by atoms with van der Waals surface area (Å²) in [6.45, 7) is 0. The molecule has 0 atom stereocenters. The topological polar surface area (TPSA) is 83.0 Å². The Balaban J connectivity index is 1.96. The van der Waals surface area contributed by atoms with Crippen LogP contribution in [0, 0.1) is 0 Å². The predicted molar refractivity (Wildman–Crippen MR) is 85.9 cm³/mol. The van der Waals surface area contributed by atoms with Crippen molar-refractivity contribution in [3.63, 3.8) is 0 Å². The number of rotatable bonds is 4. The molecule has 2 amide bonds. The van der Waals surface area contributed by atoms with Crippen LogP contribution in [0.1, 0.15) is 5.56 Å².